The highest BCUT2D eigenvalue weighted by molar-refractivity contribution is 6.32. The fraction of sp³-hybridized carbons (Fsp3) is 0.0741. The molecule has 0 saturated carbocycles. The molecule has 5 nitrogen and oxygen atoms in total. The van der Waals surface area contributed by atoms with Crippen LogP contribution in [0.1, 0.15) is 16.7 Å². The van der Waals surface area contributed by atoms with Crippen LogP contribution in [-0.2, 0) is 16.8 Å². The van der Waals surface area contributed by atoms with Gasteiger partial charge >= 0.3 is 0 Å². The molecular formula is C27H20ClN3O2. The zero-order valence-corrected chi connectivity index (χ0v) is 18.3. The summed E-state index contributed by atoms with van der Waals surface area (Å²) in [5, 5.41) is 23.9. The van der Waals surface area contributed by atoms with Crippen LogP contribution in [0.4, 0.5) is 5.69 Å². The quantitative estimate of drug-likeness (QED) is 0.412. The van der Waals surface area contributed by atoms with E-state index in [1.54, 1.807) is 42.7 Å². The molecule has 1 unspecified atom stereocenters. The summed E-state index contributed by atoms with van der Waals surface area (Å²) in [6, 6.07) is 26.8. The van der Waals surface area contributed by atoms with Gasteiger partial charge in [-0.2, -0.15) is 5.26 Å². The molecule has 1 amide bonds. The number of nitrogens with one attached hydrogen (secondary N) is 1. The van der Waals surface area contributed by atoms with Gasteiger partial charge < -0.3 is 10.4 Å². The van der Waals surface area contributed by atoms with E-state index in [1.165, 1.54) is 12.1 Å². The molecule has 2 N–H and O–H groups in total. The number of hydrogen-bond donors (Lipinski definition) is 2. The normalized spacial score (nSPS) is 12.4. The molecule has 0 bridgehead atoms. The molecule has 162 valence electrons. The summed E-state index contributed by atoms with van der Waals surface area (Å²) in [4.78, 5) is 17.7. The van der Waals surface area contributed by atoms with Crippen molar-refractivity contribution in [3.8, 4) is 17.2 Å². The SMILES string of the molecule is N#Cc1ccc(NC(=O)C(O)(Cc2ccccc2-c2cccnc2)c2ccccc2)cc1Cl. The molecule has 4 aromatic rings. The molecule has 0 spiro atoms. The first-order valence-electron chi connectivity index (χ1n) is 10.3. The lowest BCUT2D eigenvalue weighted by molar-refractivity contribution is -0.135. The van der Waals surface area contributed by atoms with Gasteiger partial charge in [-0.1, -0.05) is 72.3 Å². The molecule has 6 heteroatoms. The topological polar surface area (TPSA) is 86.0 Å². The number of nitriles is 1. The molecular weight excluding hydrogens is 434 g/mol. The lowest BCUT2D eigenvalue weighted by atomic mass is 9.84. The van der Waals surface area contributed by atoms with Gasteiger partial charge in [-0.15, -0.1) is 0 Å². The van der Waals surface area contributed by atoms with Crippen molar-refractivity contribution in [2.24, 2.45) is 0 Å². The summed E-state index contributed by atoms with van der Waals surface area (Å²) in [7, 11) is 0. The maximum atomic E-state index is 13.5. The minimum absolute atomic E-state index is 0.0396. The molecule has 0 aliphatic rings. The van der Waals surface area contributed by atoms with Gasteiger partial charge in [-0.3, -0.25) is 9.78 Å². The van der Waals surface area contributed by atoms with Crippen LogP contribution in [0, 0.1) is 11.3 Å². The number of aliphatic hydroxyl groups is 1. The van der Waals surface area contributed by atoms with Crippen LogP contribution in [0.3, 0.4) is 0 Å². The number of carbonyl (C=O) groups excluding carboxylic acids is 1. The van der Waals surface area contributed by atoms with E-state index in [2.05, 4.69) is 10.3 Å². The Kier molecular flexibility index (Phi) is 6.50. The van der Waals surface area contributed by atoms with Gasteiger partial charge in [0.25, 0.3) is 5.91 Å². The van der Waals surface area contributed by atoms with E-state index in [0.717, 1.165) is 16.7 Å². The van der Waals surface area contributed by atoms with Crippen molar-refractivity contribution in [3.05, 3.63) is 119 Å². The molecule has 4 rings (SSSR count). The molecule has 0 aliphatic carbocycles. The molecule has 0 fully saturated rings. The number of anilines is 1. The van der Waals surface area contributed by atoms with E-state index >= 15 is 0 Å². The number of amides is 1. The van der Waals surface area contributed by atoms with E-state index in [4.69, 9.17) is 16.9 Å². The van der Waals surface area contributed by atoms with Crippen molar-refractivity contribution in [1.82, 2.24) is 4.98 Å². The predicted molar refractivity (Wildman–Crippen MR) is 129 cm³/mol. The van der Waals surface area contributed by atoms with Crippen LogP contribution in [0.15, 0.2) is 97.3 Å². The van der Waals surface area contributed by atoms with Crippen LogP contribution in [0.2, 0.25) is 5.02 Å². The van der Waals surface area contributed by atoms with Crippen molar-refractivity contribution >= 4 is 23.2 Å². The number of pyridine rings is 1. The first-order chi connectivity index (χ1) is 16.0. The van der Waals surface area contributed by atoms with Crippen molar-refractivity contribution in [2.75, 3.05) is 5.32 Å². The van der Waals surface area contributed by atoms with Gasteiger partial charge in [0.1, 0.15) is 6.07 Å². The highest BCUT2D eigenvalue weighted by Crippen LogP contribution is 2.33. The van der Waals surface area contributed by atoms with Crippen molar-refractivity contribution in [1.29, 1.82) is 5.26 Å². The number of carbonyl (C=O) groups is 1. The van der Waals surface area contributed by atoms with E-state index < -0.39 is 11.5 Å². The van der Waals surface area contributed by atoms with E-state index in [-0.39, 0.29) is 11.4 Å². The van der Waals surface area contributed by atoms with Crippen LogP contribution in [-0.4, -0.2) is 16.0 Å². The van der Waals surface area contributed by atoms with Gasteiger partial charge in [0.15, 0.2) is 5.60 Å². The fourth-order valence-corrected chi connectivity index (χ4v) is 3.92. The van der Waals surface area contributed by atoms with Gasteiger partial charge in [-0.25, -0.2) is 0 Å². The third-order valence-electron chi connectivity index (χ3n) is 5.41. The van der Waals surface area contributed by atoms with Crippen LogP contribution >= 0.6 is 11.6 Å². The number of halogens is 1. The number of aromatic nitrogens is 1. The maximum absolute atomic E-state index is 13.5. The van der Waals surface area contributed by atoms with Crippen molar-refractivity contribution < 1.29 is 9.90 Å². The summed E-state index contributed by atoms with van der Waals surface area (Å²) in [5.41, 5.74) is 1.86. The summed E-state index contributed by atoms with van der Waals surface area (Å²) in [5.74, 6) is -0.601. The average Bonchev–Trinajstić information content (AvgIpc) is 2.85. The van der Waals surface area contributed by atoms with Crippen LogP contribution in [0.25, 0.3) is 11.1 Å². The Bertz CT molecular complexity index is 1320. The molecule has 1 heterocycles. The smallest absolute Gasteiger partial charge is 0.261 e. The third kappa shape index (κ3) is 4.78. The second-order valence-electron chi connectivity index (χ2n) is 7.56. The first kappa shape index (κ1) is 22.2. The molecule has 3 aromatic carbocycles. The fourth-order valence-electron chi connectivity index (χ4n) is 3.70. The zero-order chi connectivity index (χ0) is 23.3. The average molecular weight is 454 g/mol. The monoisotopic (exact) mass is 453 g/mol. The van der Waals surface area contributed by atoms with Gasteiger partial charge in [0.05, 0.1) is 10.6 Å². The van der Waals surface area contributed by atoms with Gasteiger partial charge in [0.2, 0.25) is 0 Å². The molecule has 1 aromatic heterocycles. The summed E-state index contributed by atoms with van der Waals surface area (Å²) >= 11 is 6.12. The lowest BCUT2D eigenvalue weighted by Crippen LogP contribution is -2.42. The molecule has 33 heavy (non-hydrogen) atoms. The van der Waals surface area contributed by atoms with Crippen LogP contribution in [0.5, 0.6) is 0 Å². The predicted octanol–water partition coefficient (Wildman–Crippen LogP) is 5.34. The number of hydrogen-bond acceptors (Lipinski definition) is 4. The Morgan fingerprint density at radius 1 is 1.03 bits per heavy atom. The third-order valence-corrected chi connectivity index (χ3v) is 5.72. The number of nitrogens with zero attached hydrogens (tertiary/aromatic N) is 2. The highest BCUT2D eigenvalue weighted by Gasteiger charge is 2.39. The Labute approximate surface area is 196 Å². The Morgan fingerprint density at radius 2 is 1.79 bits per heavy atom. The van der Waals surface area contributed by atoms with Crippen molar-refractivity contribution in [2.45, 2.75) is 12.0 Å². The molecule has 0 radical (unpaired) electrons. The van der Waals surface area contributed by atoms with Crippen LogP contribution < -0.4 is 5.32 Å². The Balaban J connectivity index is 1.73. The highest BCUT2D eigenvalue weighted by atomic mass is 35.5. The second-order valence-corrected chi connectivity index (χ2v) is 7.97. The zero-order valence-electron chi connectivity index (χ0n) is 17.6. The van der Waals surface area contributed by atoms with Crippen molar-refractivity contribution in [3.63, 3.8) is 0 Å². The van der Waals surface area contributed by atoms with E-state index in [1.807, 2.05) is 48.5 Å². The number of rotatable bonds is 6. The van der Waals surface area contributed by atoms with E-state index in [0.29, 0.717) is 16.8 Å². The first-order valence-corrected chi connectivity index (χ1v) is 10.7. The minimum Gasteiger partial charge on any atom is -0.375 e. The molecule has 0 aliphatic heterocycles. The Hall–Kier alpha value is -3.98. The molecule has 0 saturated heterocycles. The molecule has 1 atom stereocenters. The second kappa shape index (κ2) is 9.66. The summed E-state index contributed by atoms with van der Waals surface area (Å²) in [6.45, 7) is 0. The largest absolute Gasteiger partial charge is 0.375 e. The Morgan fingerprint density at radius 3 is 2.48 bits per heavy atom. The number of benzene rings is 3. The van der Waals surface area contributed by atoms with Gasteiger partial charge in [0, 0.05) is 30.1 Å². The standard InChI is InChI=1S/C27H20ClN3O2/c28-25-15-23(13-12-20(25)17-29)31-26(32)27(33,22-9-2-1-3-10-22)16-19-7-4-5-11-24(19)21-8-6-14-30-18-21/h1-15,18,33H,16H2,(H,31,32). The lowest BCUT2D eigenvalue weighted by Gasteiger charge is -2.29. The van der Waals surface area contributed by atoms with Gasteiger partial charge in [-0.05, 0) is 41.0 Å². The summed E-state index contributed by atoms with van der Waals surface area (Å²) < 4.78 is 0. The van der Waals surface area contributed by atoms with E-state index in [9.17, 15) is 9.90 Å². The maximum Gasteiger partial charge on any atom is 0.261 e. The summed E-state index contributed by atoms with van der Waals surface area (Å²) in [6.07, 6.45) is 3.49. The minimum atomic E-state index is -1.86.